The first-order valence-corrected chi connectivity index (χ1v) is 19.3. The number of anilines is 2. The molecule has 5 unspecified atom stereocenters. The lowest BCUT2D eigenvalue weighted by atomic mass is 10.1. The Hall–Kier alpha value is -3.53. The lowest BCUT2D eigenvalue weighted by Gasteiger charge is -2.21. The number of phosphoric ester groups is 2. The van der Waals surface area contributed by atoms with E-state index in [1.54, 1.807) is 0 Å². The van der Waals surface area contributed by atoms with Gasteiger partial charge in [0.1, 0.15) is 36.6 Å². The summed E-state index contributed by atoms with van der Waals surface area (Å²) in [6, 6.07) is 0. The van der Waals surface area contributed by atoms with Crippen molar-refractivity contribution < 1.29 is 80.1 Å². The number of nitrogens with two attached hydrogens (primary N) is 2. The first-order valence-electron chi connectivity index (χ1n) is 14.8. The number of methoxy groups -OCH3 is 1. The van der Waals surface area contributed by atoms with E-state index in [2.05, 4.69) is 38.1 Å². The second kappa shape index (κ2) is 14.3. The third-order valence-electron chi connectivity index (χ3n) is 7.92. The maximum absolute atomic E-state index is 12.6. The van der Waals surface area contributed by atoms with Gasteiger partial charge in [-0.25, -0.2) is 23.2 Å². The molecule has 11 atom stereocenters. The van der Waals surface area contributed by atoms with Crippen LogP contribution in [-0.4, -0.2) is 121 Å². The number of aliphatic hydroxyl groups excluding tert-OH is 3. The average Bonchev–Trinajstić information content (AvgIpc) is 3.76. The van der Waals surface area contributed by atoms with Crippen LogP contribution < -0.4 is 27.2 Å². The number of nitrogens with one attached hydrogen (secondary N) is 2. The van der Waals surface area contributed by atoms with Gasteiger partial charge in [-0.15, -0.1) is 0 Å². The molecule has 0 radical (unpaired) electrons. The van der Waals surface area contributed by atoms with Crippen LogP contribution >= 0.6 is 23.5 Å². The van der Waals surface area contributed by atoms with Gasteiger partial charge >= 0.3 is 29.0 Å². The zero-order valence-corrected chi connectivity index (χ0v) is 29.6. The first kappa shape index (κ1) is 39.2. The standard InChI is InChI=1S/C22H31N10O18P3/c1-30-6-32(16-10(30)18(37)29-22(24)27-16)19-12(34)11(33)7(47-19)3-45-51(38,39)49-53(42,43)50-52(40,41)46-4-8-14(44-2)13(35)20(48-8)31-5-25-9-15(31)26-21(23)28-17(9)36/h5-8,11-14,19-20,33-35H,3-4H2,1-2H3,(H8-,23,24,26,27,28,29,36,37,38,39,40,41,42,43)/p+1/t7-,8-,11?,12+,13?,14+,19-,20-/m1/s1. The van der Waals surface area contributed by atoms with Gasteiger partial charge in [0.2, 0.25) is 24.5 Å². The van der Waals surface area contributed by atoms with E-state index in [1.807, 2.05) is 0 Å². The molecule has 6 rings (SSSR count). The highest BCUT2D eigenvalue weighted by Gasteiger charge is 2.51. The third kappa shape index (κ3) is 7.85. The number of aliphatic hydroxyl groups is 3. The van der Waals surface area contributed by atoms with Crippen molar-refractivity contribution in [1.29, 1.82) is 0 Å². The van der Waals surface area contributed by atoms with Crippen LogP contribution in [0.15, 0.2) is 22.2 Å². The van der Waals surface area contributed by atoms with Gasteiger partial charge < -0.3 is 55.7 Å². The molecule has 2 aliphatic rings. The fourth-order valence-electron chi connectivity index (χ4n) is 5.71. The molecule has 12 N–H and O–H groups in total. The highest BCUT2D eigenvalue weighted by atomic mass is 31.3. The summed E-state index contributed by atoms with van der Waals surface area (Å²) in [7, 11) is -14.7. The van der Waals surface area contributed by atoms with E-state index in [1.165, 1.54) is 17.9 Å². The quantitative estimate of drug-likeness (QED) is 0.0455. The number of hydrogen-bond acceptors (Lipinski definition) is 20. The summed E-state index contributed by atoms with van der Waals surface area (Å²) in [5.74, 6) is -0.549. The Balaban J connectivity index is 1.06. The molecule has 0 spiro atoms. The van der Waals surface area contributed by atoms with E-state index in [4.69, 9.17) is 30.2 Å². The molecule has 0 saturated carbocycles. The van der Waals surface area contributed by atoms with Crippen LogP contribution in [0.25, 0.3) is 22.3 Å². The van der Waals surface area contributed by atoms with Crippen molar-refractivity contribution in [3.63, 3.8) is 0 Å². The number of nitrogen functional groups attached to an aromatic ring is 2. The smallest absolute Gasteiger partial charge is 0.387 e. The Morgan fingerprint density at radius 3 is 2.00 bits per heavy atom. The molecule has 28 nitrogen and oxygen atoms in total. The number of fused-ring (bicyclic) bond motifs is 2. The highest BCUT2D eigenvalue weighted by molar-refractivity contribution is 7.66. The number of ether oxygens (including phenoxy) is 3. The van der Waals surface area contributed by atoms with E-state index in [-0.39, 0.29) is 34.2 Å². The Morgan fingerprint density at radius 1 is 0.830 bits per heavy atom. The molecule has 4 aromatic heterocycles. The normalized spacial score (nSPS) is 29.7. The largest absolute Gasteiger partial charge is 0.490 e. The highest BCUT2D eigenvalue weighted by Crippen LogP contribution is 2.67. The van der Waals surface area contributed by atoms with Crippen molar-refractivity contribution in [3.8, 4) is 0 Å². The molecule has 31 heteroatoms. The van der Waals surface area contributed by atoms with E-state index >= 15 is 0 Å². The molecular formula is C22H32N10O18P3+. The molecule has 0 aromatic carbocycles. The maximum atomic E-state index is 12.6. The molecular weight excluding hydrogens is 785 g/mol. The number of nitrogens with zero attached hydrogens (tertiary/aromatic N) is 6. The number of aromatic nitrogens is 8. The van der Waals surface area contributed by atoms with Gasteiger partial charge in [-0.1, -0.05) is 0 Å². The van der Waals surface area contributed by atoms with Gasteiger partial charge in [0.15, 0.2) is 17.4 Å². The fraction of sp³-hybridized carbons (Fsp3) is 0.545. The van der Waals surface area contributed by atoms with Crippen LogP contribution in [0.2, 0.25) is 0 Å². The van der Waals surface area contributed by atoms with E-state index in [0.29, 0.717) is 0 Å². The molecule has 0 bridgehead atoms. The molecule has 0 aliphatic carbocycles. The monoisotopic (exact) mass is 817 g/mol. The van der Waals surface area contributed by atoms with Crippen molar-refractivity contribution in [1.82, 2.24) is 34.1 Å². The summed E-state index contributed by atoms with van der Waals surface area (Å²) in [4.78, 5) is 71.1. The molecule has 0 amide bonds. The van der Waals surface area contributed by atoms with Crippen LogP contribution in [0, 0.1) is 0 Å². The van der Waals surface area contributed by atoms with Crippen molar-refractivity contribution in [2.24, 2.45) is 7.05 Å². The van der Waals surface area contributed by atoms with Gasteiger partial charge in [0.05, 0.1) is 26.6 Å². The van der Waals surface area contributed by atoms with E-state index in [9.17, 15) is 53.3 Å². The lowest BCUT2D eigenvalue weighted by Crippen LogP contribution is -2.35. The lowest BCUT2D eigenvalue weighted by molar-refractivity contribution is -0.646. The fourth-order valence-corrected chi connectivity index (χ4v) is 9.24. The molecule has 2 aliphatic heterocycles. The van der Waals surface area contributed by atoms with Crippen LogP contribution in [0.3, 0.4) is 0 Å². The van der Waals surface area contributed by atoms with Crippen LogP contribution in [0.1, 0.15) is 12.5 Å². The first-order chi connectivity index (χ1) is 24.7. The van der Waals surface area contributed by atoms with Crippen molar-refractivity contribution in [2.75, 3.05) is 31.8 Å². The van der Waals surface area contributed by atoms with Crippen molar-refractivity contribution in [2.45, 2.75) is 49.1 Å². The average molecular weight is 817 g/mol. The summed E-state index contributed by atoms with van der Waals surface area (Å²) >= 11 is 0. The molecule has 4 aromatic rings. The van der Waals surface area contributed by atoms with Gasteiger partial charge in [0, 0.05) is 7.11 Å². The van der Waals surface area contributed by atoms with Gasteiger partial charge in [-0.3, -0.25) is 33.2 Å². The minimum Gasteiger partial charge on any atom is -0.387 e. The predicted octanol–water partition coefficient (Wildman–Crippen LogP) is -3.89. The summed E-state index contributed by atoms with van der Waals surface area (Å²) in [6.07, 6.45) is -9.74. The second-order valence-corrected chi connectivity index (χ2v) is 16.1. The van der Waals surface area contributed by atoms with Gasteiger partial charge in [-0.05, 0) is 0 Å². The van der Waals surface area contributed by atoms with Gasteiger partial charge in [0.25, 0.3) is 16.7 Å². The molecule has 6 heterocycles. The topological polar surface area (TPSA) is 407 Å². The number of rotatable bonds is 13. The number of H-pyrrole nitrogens is 2. The number of hydrogen-bond donors (Lipinski definition) is 10. The summed E-state index contributed by atoms with van der Waals surface area (Å²) in [5.41, 5.74) is 9.60. The summed E-state index contributed by atoms with van der Waals surface area (Å²) < 4.78 is 75.2. The summed E-state index contributed by atoms with van der Waals surface area (Å²) in [6.45, 7) is -2.03. The van der Waals surface area contributed by atoms with E-state index in [0.717, 1.165) is 22.6 Å². The molecule has 2 saturated heterocycles. The zero-order chi connectivity index (χ0) is 38.8. The molecule has 2 fully saturated rings. The number of aryl methyl sites for hydroxylation is 1. The number of imidazole rings is 2. The summed E-state index contributed by atoms with van der Waals surface area (Å²) in [5, 5.41) is 32.0. The zero-order valence-electron chi connectivity index (χ0n) is 26.9. The van der Waals surface area contributed by atoms with Crippen molar-refractivity contribution in [3.05, 3.63) is 33.4 Å². The Kier molecular flexibility index (Phi) is 10.6. The Bertz CT molecular complexity index is 2300. The number of phosphoric acid groups is 3. The van der Waals surface area contributed by atoms with E-state index < -0.39 is 96.9 Å². The minimum atomic E-state index is -5.98. The van der Waals surface area contributed by atoms with Crippen LogP contribution in [0.5, 0.6) is 0 Å². The van der Waals surface area contributed by atoms with Crippen LogP contribution in [-0.2, 0) is 52.6 Å². The minimum absolute atomic E-state index is 0.0166. The SMILES string of the molecule is CO[C@@H]1C(O)[C@H](n2cnc3c(=O)[nH]c(N)nc32)O[C@@H]1COP(=O)(O)OP(=O)(O)OP(=O)(O)OC[C@H]1O[C@@H](n2c[n+](C)c3c(=O)[nH]c(N)nc32)[C@@H](O)C1O. The van der Waals surface area contributed by atoms with Crippen molar-refractivity contribution >= 4 is 57.7 Å². The molecule has 292 valence electrons. The maximum Gasteiger partial charge on any atom is 0.490 e. The predicted molar refractivity (Wildman–Crippen MR) is 169 cm³/mol. The number of aromatic amines is 2. The Morgan fingerprint density at radius 2 is 1.38 bits per heavy atom. The van der Waals surface area contributed by atoms with Gasteiger partial charge in [-0.2, -0.15) is 23.2 Å². The Labute approximate surface area is 293 Å². The van der Waals surface area contributed by atoms with Crippen LogP contribution in [0.4, 0.5) is 11.9 Å². The molecule has 53 heavy (non-hydrogen) atoms. The third-order valence-corrected chi connectivity index (χ3v) is 12.2. The second-order valence-electron chi connectivity index (χ2n) is 11.5.